The Morgan fingerprint density at radius 1 is 1.50 bits per heavy atom. The van der Waals surface area contributed by atoms with E-state index >= 15 is 0 Å². The van der Waals surface area contributed by atoms with Crippen LogP contribution in [0.25, 0.3) is 0 Å². The number of hydrogen-bond donors (Lipinski definition) is 1. The molecule has 0 aromatic carbocycles. The molecule has 3 rings (SSSR count). The third kappa shape index (κ3) is 2.54. The normalized spacial score (nSPS) is 20.2. The van der Waals surface area contributed by atoms with E-state index in [-0.39, 0.29) is 23.7 Å². The number of thiophene rings is 1. The molecular formula is C17H16FNO4S. The van der Waals surface area contributed by atoms with Gasteiger partial charge in [0.1, 0.15) is 0 Å². The number of amides is 1. The molecule has 1 aromatic heterocycles. The van der Waals surface area contributed by atoms with Gasteiger partial charge in [-0.2, -0.15) is 11.3 Å². The Labute approximate surface area is 142 Å². The summed E-state index contributed by atoms with van der Waals surface area (Å²) in [6.45, 7) is 1.66. The van der Waals surface area contributed by atoms with Gasteiger partial charge in [0.2, 0.25) is 0 Å². The number of hydrogen-bond acceptors (Lipinski definition) is 4. The fraction of sp³-hybridized carbons (Fsp3) is 0.294. The summed E-state index contributed by atoms with van der Waals surface area (Å²) in [4.78, 5) is 25.5. The number of methoxy groups -OCH3 is 1. The average molecular weight is 349 g/mol. The predicted octanol–water partition coefficient (Wildman–Crippen LogP) is 3.48. The smallest absolute Gasteiger partial charge is 0.307 e. The van der Waals surface area contributed by atoms with E-state index in [0.717, 1.165) is 0 Å². The minimum atomic E-state index is -1.07. The number of carbonyl (C=O) groups is 2. The fourth-order valence-electron chi connectivity index (χ4n) is 3.21. The zero-order chi connectivity index (χ0) is 17.4. The fourth-order valence-corrected chi connectivity index (χ4v) is 3.84. The van der Waals surface area contributed by atoms with Gasteiger partial charge in [-0.15, -0.1) is 0 Å². The highest BCUT2D eigenvalue weighted by molar-refractivity contribution is 7.08. The lowest BCUT2D eigenvalue weighted by Crippen LogP contribution is -2.36. The summed E-state index contributed by atoms with van der Waals surface area (Å²) < 4.78 is 19.8. The van der Waals surface area contributed by atoms with Gasteiger partial charge in [-0.25, -0.2) is 4.39 Å². The summed E-state index contributed by atoms with van der Waals surface area (Å²) >= 11 is 1.40. The molecule has 1 aliphatic heterocycles. The maximum atomic E-state index is 14.8. The average Bonchev–Trinajstić information content (AvgIpc) is 3.15. The quantitative estimate of drug-likeness (QED) is 0.904. The molecule has 7 heteroatoms. The van der Waals surface area contributed by atoms with Gasteiger partial charge in [-0.3, -0.25) is 9.59 Å². The molecule has 0 fully saturated rings. The van der Waals surface area contributed by atoms with E-state index in [9.17, 15) is 19.1 Å². The Balaban J connectivity index is 2.10. The van der Waals surface area contributed by atoms with Crippen LogP contribution in [-0.4, -0.2) is 35.0 Å². The van der Waals surface area contributed by atoms with Crippen molar-refractivity contribution in [3.05, 3.63) is 56.9 Å². The lowest BCUT2D eigenvalue weighted by Gasteiger charge is -2.28. The number of carboxylic acids is 1. The van der Waals surface area contributed by atoms with Crippen molar-refractivity contribution >= 4 is 23.2 Å². The molecule has 0 radical (unpaired) electrons. The number of fused-ring (bicyclic) bond motifs is 1. The lowest BCUT2D eigenvalue weighted by atomic mass is 9.91. The first-order chi connectivity index (χ1) is 11.5. The van der Waals surface area contributed by atoms with Crippen LogP contribution in [0.5, 0.6) is 0 Å². The topological polar surface area (TPSA) is 66.8 Å². The van der Waals surface area contributed by atoms with E-state index in [0.29, 0.717) is 23.3 Å². The van der Waals surface area contributed by atoms with Gasteiger partial charge in [0.15, 0.2) is 11.6 Å². The summed E-state index contributed by atoms with van der Waals surface area (Å²) in [5.74, 6) is -1.83. The standard InChI is InChI=1S/C17H16FNO4S/c1-9-11(7-14(20)21)15-12(3-4-13(23-2)16(15)18)19(9)17(22)10-5-6-24-8-10/h4-6,8,12H,3,7H2,1-2H3,(H,20,21). The molecule has 1 unspecified atom stereocenters. The molecule has 1 aromatic rings. The minimum Gasteiger partial charge on any atom is -0.494 e. The third-order valence-electron chi connectivity index (χ3n) is 4.28. The van der Waals surface area contributed by atoms with Gasteiger partial charge in [0, 0.05) is 16.7 Å². The SMILES string of the molecule is COC1=CCC2C(=C1F)C(CC(=O)O)=C(C)N2C(=O)c1ccsc1. The molecule has 24 heavy (non-hydrogen) atoms. The van der Waals surface area contributed by atoms with E-state index in [4.69, 9.17) is 4.74 Å². The summed E-state index contributed by atoms with van der Waals surface area (Å²) in [7, 11) is 1.36. The summed E-state index contributed by atoms with van der Waals surface area (Å²) in [5.41, 5.74) is 1.58. The highest BCUT2D eigenvalue weighted by atomic mass is 32.1. The van der Waals surface area contributed by atoms with Crippen molar-refractivity contribution in [1.82, 2.24) is 4.90 Å². The van der Waals surface area contributed by atoms with Crippen molar-refractivity contribution in [2.24, 2.45) is 0 Å². The van der Waals surface area contributed by atoms with Gasteiger partial charge < -0.3 is 14.7 Å². The van der Waals surface area contributed by atoms with Gasteiger partial charge in [-0.1, -0.05) is 0 Å². The highest BCUT2D eigenvalue weighted by Gasteiger charge is 2.42. The number of carboxylic acid groups (broad SMARTS) is 1. The number of nitrogens with zero attached hydrogens (tertiary/aromatic N) is 1. The monoisotopic (exact) mass is 349 g/mol. The van der Waals surface area contributed by atoms with Crippen LogP contribution >= 0.6 is 11.3 Å². The van der Waals surface area contributed by atoms with Gasteiger partial charge in [-0.05, 0) is 36.4 Å². The molecule has 0 spiro atoms. The molecule has 0 saturated heterocycles. The second-order valence-corrected chi connectivity index (χ2v) is 6.35. The second kappa shape index (κ2) is 6.24. The number of ether oxygens (including phenoxy) is 1. The Bertz CT molecular complexity index is 792. The first-order valence-electron chi connectivity index (χ1n) is 7.37. The summed E-state index contributed by atoms with van der Waals surface area (Å²) in [6, 6.07) is 1.17. The van der Waals surface area contributed by atoms with E-state index in [1.54, 1.807) is 29.8 Å². The number of rotatable bonds is 4. The third-order valence-corrected chi connectivity index (χ3v) is 4.97. The van der Waals surface area contributed by atoms with Gasteiger partial charge in [0.05, 0.1) is 25.1 Å². The van der Waals surface area contributed by atoms with Crippen LogP contribution in [0, 0.1) is 0 Å². The molecule has 5 nitrogen and oxygen atoms in total. The zero-order valence-corrected chi connectivity index (χ0v) is 14.0. The minimum absolute atomic E-state index is 0.0850. The maximum absolute atomic E-state index is 14.8. The summed E-state index contributed by atoms with van der Waals surface area (Å²) in [5, 5.41) is 12.7. The van der Waals surface area contributed by atoms with Crippen molar-refractivity contribution < 1.29 is 23.8 Å². The molecule has 1 amide bonds. The first-order valence-corrected chi connectivity index (χ1v) is 8.31. The Morgan fingerprint density at radius 3 is 2.83 bits per heavy atom. The number of aliphatic carboxylic acids is 1. The highest BCUT2D eigenvalue weighted by Crippen LogP contribution is 2.44. The van der Waals surface area contributed by atoms with Crippen LogP contribution in [0.1, 0.15) is 30.1 Å². The van der Waals surface area contributed by atoms with Crippen molar-refractivity contribution in [2.45, 2.75) is 25.8 Å². The van der Waals surface area contributed by atoms with Crippen LogP contribution in [0.3, 0.4) is 0 Å². The van der Waals surface area contributed by atoms with Crippen LogP contribution in [-0.2, 0) is 9.53 Å². The predicted molar refractivity (Wildman–Crippen MR) is 87.1 cm³/mol. The second-order valence-electron chi connectivity index (χ2n) is 5.57. The van der Waals surface area contributed by atoms with E-state index in [2.05, 4.69) is 0 Å². The number of allylic oxidation sites excluding steroid dienone is 2. The van der Waals surface area contributed by atoms with Gasteiger partial charge >= 0.3 is 5.97 Å². The van der Waals surface area contributed by atoms with E-state index < -0.39 is 17.8 Å². The van der Waals surface area contributed by atoms with Crippen LogP contribution < -0.4 is 0 Å². The summed E-state index contributed by atoms with van der Waals surface area (Å²) in [6.07, 6.45) is 1.63. The van der Waals surface area contributed by atoms with Crippen LogP contribution in [0.15, 0.2) is 51.3 Å². The molecule has 1 atom stereocenters. The molecule has 1 N–H and O–H groups in total. The van der Waals surface area contributed by atoms with Crippen molar-refractivity contribution in [1.29, 1.82) is 0 Å². The number of halogens is 1. The number of carbonyl (C=O) groups excluding carboxylic acids is 1. The molecule has 0 saturated carbocycles. The Morgan fingerprint density at radius 2 is 2.25 bits per heavy atom. The Hall–Kier alpha value is -2.41. The lowest BCUT2D eigenvalue weighted by molar-refractivity contribution is -0.136. The van der Waals surface area contributed by atoms with E-state index in [1.807, 2.05) is 0 Å². The van der Waals surface area contributed by atoms with Crippen LogP contribution in [0.4, 0.5) is 4.39 Å². The maximum Gasteiger partial charge on any atom is 0.307 e. The molecule has 0 bridgehead atoms. The van der Waals surface area contributed by atoms with Crippen LogP contribution in [0.2, 0.25) is 0 Å². The molecule has 126 valence electrons. The Kier molecular flexibility index (Phi) is 4.28. The first kappa shape index (κ1) is 16.4. The zero-order valence-electron chi connectivity index (χ0n) is 13.2. The molecular weight excluding hydrogens is 333 g/mol. The molecule has 2 heterocycles. The largest absolute Gasteiger partial charge is 0.494 e. The van der Waals surface area contributed by atoms with E-state index in [1.165, 1.54) is 23.3 Å². The van der Waals surface area contributed by atoms with Crippen molar-refractivity contribution in [3.63, 3.8) is 0 Å². The van der Waals surface area contributed by atoms with Crippen molar-refractivity contribution in [2.75, 3.05) is 7.11 Å². The van der Waals surface area contributed by atoms with Gasteiger partial charge in [0.25, 0.3) is 5.91 Å². The molecule has 1 aliphatic carbocycles. The van der Waals surface area contributed by atoms with Crippen molar-refractivity contribution in [3.8, 4) is 0 Å². The molecule has 2 aliphatic rings.